The van der Waals surface area contributed by atoms with E-state index < -0.39 is 0 Å². The lowest BCUT2D eigenvalue weighted by Crippen LogP contribution is -2.49. The first-order valence-corrected chi connectivity index (χ1v) is 7.84. The van der Waals surface area contributed by atoms with E-state index in [2.05, 4.69) is 56.9 Å². The molecule has 0 saturated heterocycles. The first-order chi connectivity index (χ1) is 9.71. The molecular formula is C19H26N2. The van der Waals surface area contributed by atoms with Crippen molar-refractivity contribution >= 4 is 10.9 Å². The van der Waals surface area contributed by atoms with Crippen molar-refractivity contribution < 1.29 is 0 Å². The molecule has 2 heteroatoms. The number of nitrogens with zero attached hydrogens (tertiary/aromatic N) is 1. The summed E-state index contributed by atoms with van der Waals surface area (Å²) >= 11 is 0. The molecule has 0 aliphatic heterocycles. The van der Waals surface area contributed by atoms with Crippen LogP contribution in [-0.2, 0) is 5.54 Å². The van der Waals surface area contributed by atoms with Crippen molar-refractivity contribution in [3.8, 4) is 0 Å². The molecule has 0 amide bonds. The highest BCUT2D eigenvalue weighted by molar-refractivity contribution is 5.83. The van der Waals surface area contributed by atoms with Crippen molar-refractivity contribution in [3.05, 3.63) is 42.1 Å². The zero-order valence-corrected chi connectivity index (χ0v) is 13.6. The van der Waals surface area contributed by atoms with Gasteiger partial charge in [0.25, 0.3) is 0 Å². The lowest BCUT2D eigenvalue weighted by molar-refractivity contribution is 0.0477. The summed E-state index contributed by atoms with van der Waals surface area (Å²) in [5.74, 6) is 0. The standard InChI is InChI=1S/C19H26N2/c1-17(2)11-18(3,4)13-19(20,12-17)15-8-5-9-16-14(15)7-6-10-21-16/h5-10H,11-13,20H2,1-4H3. The molecule has 1 aromatic carbocycles. The van der Waals surface area contributed by atoms with E-state index in [0.717, 1.165) is 18.4 Å². The zero-order valence-electron chi connectivity index (χ0n) is 13.6. The quantitative estimate of drug-likeness (QED) is 0.828. The molecule has 0 spiro atoms. The maximum absolute atomic E-state index is 6.97. The Bertz CT molecular complexity index is 649. The Kier molecular flexibility index (Phi) is 3.14. The van der Waals surface area contributed by atoms with Crippen LogP contribution in [0.5, 0.6) is 0 Å². The van der Waals surface area contributed by atoms with Crippen LogP contribution >= 0.6 is 0 Å². The molecule has 21 heavy (non-hydrogen) atoms. The average molecular weight is 282 g/mol. The smallest absolute Gasteiger partial charge is 0.0705 e. The normalized spacial score (nSPS) is 23.1. The summed E-state index contributed by atoms with van der Waals surface area (Å²) in [6, 6.07) is 10.5. The summed E-state index contributed by atoms with van der Waals surface area (Å²) in [7, 11) is 0. The molecule has 112 valence electrons. The van der Waals surface area contributed by atoms with E-state index in [1.807, 2.05) is 12.3 Å². The second-order valence-electron chi connectivity index (χ2n) is 8.39. The third-order valence-corrected chi connectivity index (χ3v) is 4.73. The van der Waals surface area contributed by atoms with Crippen molar-refractivity contribution in [2.24, 2.45) is 16.6 Å². The van der Waals surface area contributed by atoms with Crippen molar-refractivity contribution in [2.75, 3.05) is 0 Å². The topological polar surface area (TPSA) is 38.9 Å². The number of aromatic nitrogens is 1. The van der Waals surface area contributed by atoms with E-state index in [4.69, 9.17) is 5.73 Å². The van der Waals surface area contributed by atoms with E-state index in [9.17, 15) is 0 Å². The summed E-state index contributed by atoms with van der Waals surface area (Å²) < 4.78 is 0. The fourth-order valence-corrected chi connectivity index (χ4v) is 4.92. The predicted octanol–water partition coefficient (Wildman–Crippen LogP) is 4.63. The largest absolute Gasteiger partial charge is 0.321 e. The van der Waals surface area contributed by atoms with Crippen LogP contribution in [0.3, 0.4) is 0 Å². The van der Waals surface area contributed by atoms with E-state index in [-0.39, 0.29) is 16.4 Å². The summed E-state index contributed by atoms with van der Waals surface area (Å²) in [5, 5.41) is 1.20. The van der Waals surface area contributed by atoms with Gasteiger partial charge in [-0.1, -0.05) is 45.9 Å². The van der Waals surface area contributed by atoms with Crippen LogP contribution in [0.1, 0.15) is 52.5 Å². The Balaban J connectivity index is 2.16. The van der Waals surface area contributed by atoms with E-state index >= 15 is 0 Å². The molecule has 1 fully saturated rings. The monoisotopic (exact) mass is 282 g/mol. The van der Waals surface area contributed by atoms with E-state index in [1.165, 1.54) is 17.4 Å². The van der Waals surface area contributed by atoms with Gasteiger partial charge in [-0.15, -0.1) is 0 Å². The molecular weight excluding hydrogens is 256 g/mol. The fourth-order valence-electron chi connectivity index (χ4n) is 4.92. The molecule has 0 radical (unpaired) electrons. The first kappa shape index (κ1) is 14.5. The lowest BCUT2D eigenvalue weighted by atomic mass is 9.57. The van der Waals surface area contributed by atoms with Gasteiger partial charge in [0.1, 0.15) is 0 Å². The van der Waals surface area contributed by atoms with Crippen molar-refractivity contribution in [3.63, 3.8) is 0 Å². The average Bonchev–Trinajstić information content (AvgIpc) is 2.33. The highest BCUT2D eigenvalue weighted by atomic mass is 14.8. The molecule has 0 bridgehead atoms. The van der Waals surface area contributed by atoms with Crippen LogP contribution in [0.15, 0.2) is 36.5 Å². The number of rotatable bonds is 1. The summed E-state index contributed by atoms with van der Waals surface area (Å²) in [5.41, 5.74) is 9.53. The van der Waals surface area contributed by atoms with Crippen molar-refractivity contribution in [1.82, 2.24) is 4.98 Å². The number of fused-ring (bicyclic) bond motifs is 1. The second kappa shape index (κ2) is 4.54. The third kappa shape index (κ3) is 2.69. The molecule has 0 unspecified atom stereocenters. The lowest BCUT2D eigenvalue weighted by Gasteiger charge is -2.51. The summed E-state index contributed by atoms with van der Waals surface area (Å²) in [4.78, 5) is 4.48. The molecule has 0 atom stereocenters. The van der Waals surface area contributed by atoms with Gasteiger partial charge in [0.05, 0.1) is 5.52 Å². The molecule has 1 aliphatic carbocycles. The number of hydrogen-bond acceptors (Lipinski definition) is 2. The van der Waals surface area contributed by atoms with Gasteiger partial charge in [0, 0.05) is 17.1 Å². The predicted molar refractivity (Wildman–Crippen MR) is 89.0 cm³/mol. The van der Waals surface area contributed by atoms with E-state index in [1.54, 1.807) is 0 Å². The SMILES string of the molecule is CC1(C)CC(C)(C)CC(N)(c2cccc3ncccc23)C1. The van der Waals surface area contributed by atoms with Gasteiger partial charge in [0.2, 0.25) is 0 Å². The summed E-state index contributed by atoms with van der Waals surface area (Å²) in [6.07, 6.45) is 5.13. The van der Waals surface area contributed by atoms with Crippen molar-refractivity contribution in [2.45, 2.75) is 52.5 Å². The zero-order chi connectivity index (χ0) is 15.3. The molecule has 1 aromatic heterocycles. The maximum atomic E-state index is 6.97. The molecule has 1 heterocycles. The highest BCUT2D eigenvalue weighted by Gasteiger charge is 2.46. The van der Waals surface area contributed by atoms with Gasteiger partial charge in [-0.05, 0) is 47.8 Å². The molecule has 3 rings (SSSR count). The first-order valence-electron chi connectivity index (χ1n) is 7.84. The minimum Gasteiger partial charge on any atom is -0.321 e. The van der Waals surface area contributed by atoms with Gasteiger partial charge < -0.3 is 5.73 Å². The number of benzene rings is 1. The van der Waals surface area contributed by atoms with Crippen LogP contribution in [-0.4, -0.2) is 4.98 Å². The van der Waals surface area contributed by atoms with Gasteiger partial charge >= 0.3 is 0 Å². The summed E-state index contributed by atoms with van der Waals surface area (Å²) in [6.45, 7) is 9.38. The Morgan fingerprint density at radius 1 is 0.905 bits per heavy atom. The Morgan fingerprint density at radius 3 is 2.24 bits per heavy atom. The minimum absolute atomic E-state index is 0.265. The highest BCUT2D eigenvalue weighted by Crippen LogP contribution is 2.53. The third-order valence-electron chi connectivity index (χ3n) is 4.73. The van der Waals surface area contributed by atoms with Gasteiger partial charge in [-0.2, -0.15) is 0 Å². The number of pyridine rings is 1. The Morgan fingerprint density at radius 2 is 1.57 bits per heavy atom. The molecule has 1 saturated carbocycles. The molecule has 2 N–H and O–H groups in total. The second-order valence-corrected chi connectivity index (χ2v) is 8.39. The minimum atomic E-state index is -0.270. The van der Waals surface area contributed by atoms with Crippen LogP contribution in [0.4, 0.5) is 0 Å². The Hall–Kier alpha value is -1.41. The molecule has 1 aliphatic rings. The van der Waals surface area contributed by atoms with Crippen LogP contribution in [0, 0.1) is 10.8 Å². The Labute approximate surface area is 127 Å². The number of nitrogens with two attached hydrogens (primary N) is 1. The van der Waals surface area contributed by atoms with Gasteiger partial charge in [-0.25, -0.2) is 0 Å². The van der Waals surface area contributed by atoms with E-state index in [0.29, 0.717) is 0 Å². The maximum Gasteiger partial charge on any atom is 0.0705 e. The molecule has 2 nitrogen and oxygen atoms in total. The van der Waals surface area contributed by atoms with Gasteiger partial charge in [-0.3, -0.25) is 4.98 Å². The van der Waals surface area contributed by atoms with Crippen LogP contribution in [0.25, 0.3) is 10.9 Å². The van der Waals surface area contributed by atoms with Crippen LogP contribution in [0.2, 0.25) is 0 Å². The number of hydrogen-bond donors (Lipinski definition) is 1. The van der Waals surface area contributed by atoms with Crippen molar-refractivity contribution in [1.29, 1.82) is 0 Å². The van der Waals surface area contributed by atoms with Crippen LogP contribution < -0.4 is 5.73 Å². The molecule has 2 aromatic rings. The van der Waals surface area contributed by atoms with Gasteiger partial charge in [0.15, 0.2) is 0 Å². The fraction of sp³-hybridized carbons (Fsp3) is 0.526.